The summed E-state index contributed by atoms with van der Waals surface area (Å²) in [7, 11) is 0. The van der Waals surface area contributed by atoms with Crippen molar-refractivity contribution in [3.63, 3.8) is 0 Å². The summed E-state index contributed by atoms with van der Waals surface area (Å²) in [4.78, 5) is 0. The van der Waals surface area contributed by atoms with E-state index >= 15 is 0 Å². The Morgan fingerprint density at radius 1 is 1.38 bits per heavy atom. The Hall–Kier alpha value is -0.600. The van der Waals surface area contributed by atoms with Gasteiger partial charge in [-0.3, -0.25) is 0 Å². The maximum atomic E-state index is 12.8. The Morgan fingerprint density at radius 3 is 2.62 bits per heavy atom. The smallest absolute Gasteiger partial charge is 0.124 e. The fourth-order valence-electron chi connectivity index (χ4n) is 1.59. The second-order valence-corrected chi connectivity index (χ2v) is 4.94. The van der Waals surface area contributed by atoms with Gasteiger partial charge in [0.05, 0.1) is 0 Å². The lowest BCUT2D eigenvalue weighted by Gasteiger charge is -2.15. The van der Waals surface area contributed by atoms with Gasteiger partial charge in [-0.2, -0.15) is 0 Å². The molecule has 1 rings (SSSR count). The van der Waals surface area contributed by atoms with Gasteiger partial charge in [-0.1, -0.05) is 31.5 Å². The van der Waals surface area contributed by atoms with Crippen LogP contribution in [0.5, 0.6) is 0 Å². The van der Waals surface area contributed by atoms with Crippen molar-refractivity contribution in [3.8, 4) is 0 Å². The van der Waals surface area contributed by atoms with Crippen LogP contribution in [0.4, 0.5) is 4.39 Å². The third-order valence-corrected chi connectivity index (χ3v) is 3.21. The molecule has 0 aliphatic rings. The zero-order valence-corrected chi connectivity index (χ0v) is 10.6. The van der Waals surface area contributed by atoms with Gasteiger partial charge >= 0.3 is 0 Å². The van der Waals surface area contributed by atoms with E-state index < -0.39 is 0 Å². The van der Waals surface area contributed by atoms with Crippen molar-refractivity contribution in [2.75, 3.05) is 0 Å². The lowest BCUT2D eigenvalue weighted by atomic mass is 9.98. The number of rotatable bonds is 5. The Kier molecular flexibility index (Phi) is 5.23. The van der Waals surface area contributed by atoms with Crippen LogP contribution in [0.2, 0.25) is 5.02 Å². The van der Waals surface area contributed by atoms with Crippen LogP contribution >= 0.6 is 11.6 Å². The average Bonchev–Trinajstić information content (AvgIpc) is 2.20. The average molecular weight is 244 g/mol. The van der Waals surface area contributed by atoms with E-state index in [1.54, 1.807) is 6.07 Å². The lowest BCUT2D eigenvalue weighted by Crippen LogP contribution is -2.26. The van der Waals surface area contributed by atoms with Gasteiger partial charge in [0.2, 0.25) is 0 Å². The van der Waals surface area contributed by atoms with Gasteiger partial charge in [0.1, 0.15) is 5.82 Å². The van der Waals surface area contributed by atoms with Crippen molar-refractivity contribution in [3.05, 3.63) is 34.6 Å². The SMILES string of the molecule is CC(C)C(N)CCCc1ccc(F)cc1Cl. The molecule has 0 saturated carbocycles. The van der Waals surface area contributed by atoms with E-state index in [2.05, 4.69) is 13.8 Å². The summed E-state index contributed by atoms with van der Waals surface area (Å²) in [6.07, 6.45) is 2.83. The maximum absolute atomic E-state index is 12.8. The minimum atomic E-state index is -0.285. The lowest BCUT2D eigenvalue weighted by molar-refractivity contribution is 0.452. The zero-order chi connectivity index (χ0) is 12.1. The molecule has 1 atom stereocenters. The van der Waals surface area contributed by atoms with Crippen LogP contribution in [0.25, 0.3) is 0 Å². The molecule has 0 bridgehead atoms. The van der Waals surface area contributed by atoms with Crippen LogP contribution in [-0.2, 0) is 6.42 Å². The first-order chi connectivity index (χ1) is 7.50. The largest absolute Gasteiger partial charge is 0.327 e. The number of benzene rings is 1. The molecule has 1 aromatic carbocycles. The first kappa shape index (κ1) is 13.5. The normalized spacial score (nSPS) is 13.1. The monoisotopic (exact) mass is 243 g/mol. The van der Waals surface area contributed by atoms with E-state index in [1.165, 1.54) is 12.1 Å². The van der Waals surface area contributed by atoms with Gasteiger partial charge in [-0.15, -0.1) is 0 Å². The van der Waals surface area contributed by atoms with Crippen LogP contribution < -0.4 is 5.73 Å². The van der Waals surface area contributed by atoms with E-state index in [9.17, 15) is 4.39 Å². The summed E-state index contributed by atoms with van der Waals surface area (Å²) in [5.74, 6) is 0.219. The number of halogens is 2. The fourth-order valence-corrected chi connectivity index (χ4v) is 1.85. The molecule has 0 saturated heterocycles. The molecule has 3 heteroatoms. The minimum absolute atomic E-state index is 0.235. The topological polar surface area (TPSA) is 26.0 Å². The molecule has 0 amide bonds. The molecule has 16 heavy (non-hydrogen) atoms. The summed E-state index contributed by atoms with van der Waals surface area (Å²) in [5.41, 5.74) is 6.95. The molecule has 0 aliphatic heterocycles. The number of hydrogen-bond acceptors (Lipinski definition) is 1. The Balaban J connectivity index is 2.43. The van der Waals surface area contributed by atoms with Gasteiger partial charge in [0, 0.05) is 11.1 Å². The highest BCUT2D eigenvalue weighted by atomic mass is 35.5. The van der Waals surface area contributed by atoms with Crippen LogP contribution in [0.1, 0.15) is 32.3 Å². The standard InChI is InChI=1S/C13H19ClFN/c1-9(2)13(16)5-3-4-10-6-7-11(15)8-12(10)14/h6-9,13H,3-5,16H2,1-2H3. The highest BCUT2D eigenvalue weighted by Crippen LogP contribution is 2.19. The molecule has 1 nitrogen and oxygen atoms in total. The Labute approximate surface area is 102 Å². The van der Waals surface area contributed by atoms with E-state index in [1.807, 2.05) is 0 Å². The van der Waals surface area contributed by atoms with Gasteiger partial charge in [-0.05, 0) is 42.9 Å². The van der Waals surface area contributed by atoms with Crippen LogP contribution in [0, 0.1) is 11.7 Å². The molecule has 0 spiro atoms. The minimum Gasteiger partial charge on any atom is -0.327 e. The molecule has 0 fully saturated rings. The fraction of sp³-hybridized carbons (Fsp3) is 0.538. The predicted octanol–water partition coefficient (Wildman–Crippen LogP) is 3.79. The number of aryl methyl sites for hydroxylation is 1. The van der Waals surface area contributed by atoms with Crippen LogP contribution in [0.15, 0.2) is 18.2 Å². The highest BCUT2D eigenvalue weighted by molar-refractivity contribution is 6.31. The quantitative estimate of drug-likeness (QED) is 0.837. The first-order valence-corrected chi connectivity index (χ1v) is 6.08. The first-order valence-electron chi connectivity index (χ1n) is 5.70. The Morgan fingerprint density at radius 2 is 2.06 bits per heavy atom. The molecular formula is C13H19ClFN. The summed E-state index contributed by atoms with van der Waals surface area (Å²) in [6, 6.07) is 4.79. The molecule has 0 aliphatic carbocycles. The van der Waals surface area contributed by atoms with Crippen molar-refractivity contribution in [2.45, 2.75) is 39.2 Å². The number of nitrogens with two attached hydrogens (primary N) is 1. The summed E-state index contributed by atoms with van der Waals surface area (Å²) in [5, 5.41) is 0.512. The molecule has 2 N–H and O–H groups in total. The Bertz CT molecular complexity index is 339. The van der Waals surface area contributed by atoms with Crippen molar-refractivity contribution in [1.29, 1.82) is 0 Å². The van der Waals surface area contributed by atoms with Gasteiger partial charge in [0.15, 0.2) is 0 Å². The molecule has 1 aromatic rings. The maximum Gasteiger partial charge on any atom is 0.124 e. The summed E-state index contributed by atoms with van der Waals surface area (Å²) < 4.78 is 12.8. The molecular weight excluding hydrogens is 225 g/mol. The summed E-state index contributed by atoms with van der Waals surface area (Å²) in [6.45, 7) is 4.24. The second-order valence-electron chi connectivity index (χ2n) is 4.54. The van der Waals surface area contributed by atoms with Crippen molar-refractivity contribution >= 4 is 11.6 Å². The van der Waals surface area contributed by atoms with Crippen molar-refractivity contribution in [1.82, 2.24) is 0 Å². The van der Waals surface area contributed by atoms with E-state index in [4.69, 9.17) is 17.3 Å². The molecule has 0 heterocycles. The van der Waals surface area contributed by atoms with Gasteiger partial charge in [0.25, 0.3) is 0 Å². The molecule has 0 aromatic heterocycles. The third kappa shape index (κ3) is 4.11. The molecule has 0 radical (unpaired) electrons. The van der Waals surface area contributed by atoms with Gasteiger partial charge < -0.3 is 5.73 Å². The zero-order valence-electron chi connectivity index (χ0n) is 9.84. The predicted molar refractivity (Wildman–Crippen MR) is 67.2 cm³/mol. The third-order valence-electron chi connectivity index (χ3n) is 2.85. The van der Waals surface area contributed by atoms with Crippen LogP contribution in [0.3, 0.4) is 0 Å². The van der Waals surface area contributed by atoms with Crippen molar-refractivity contribution in [2.24, 2.45) is 11.7 Å². The van der Waals surface area contributed by atoms with Gasteiger partial charge in [-0.25, -0.2) is 4.39 Å². The highest BCUT2D eigenvalue weighted by Gasteiger charge is 2.08. The van der Waals surface area contributed by atoms with E-state index in [0.29, 0.717) is 10.9 Å². The van der Waals surface area contributed by atoms with Crippen molar-refractivity contribution < 1.29 is 4.39 Å². The second kappa shape index (κ2) is 6.21. The number of hydrogen-bond donors (Lipinski definition) is 1. The van der Waals surface area contributed by atoms with E-state index in [0.717, 1.165) is 24.8 Å². The molecule has 90 valence electrons. The summed E-state index contributed by atoms with van der Waals surface area (Å²) >= 11 is 5.94. The van der Waals surface area contributed by atoms with E-state index in [-0.39, 0.29) is 11.9 Å². The molecule has 1 unspecified atom stereocenters. The van der Waals surface area contributed by atoms with Crippen LogP contribution in [-0.4, -0.2) is 6.04 Å².